The Bertz CT molecular complexity index is 1130. The molecule has 1 atom stereocenters. The minimum absolute atomic E-state index is 0.0246. The number of nitrogens with two attached hydrogens (primary N) is 1. The first-order valence-corrected chi connectivity index (χ1v) is 9.94. The molecule has 1 aliphatic heterocycles. The number of nitrogens with zero attached hydrogens (tertiary/aromatic N) is 3. The van der Waals surface area contributed by atoms with E-state index in [1.165, 1.54) is 18.3 Å². The lowest BCUT2D eigenvalue weighted by Crippen LogP contribution is -2.17. The second-order valence-corrected chi connectivity index (χ2v) is 7.28. The Morgan fingerprint density at radius 1 is 1.39 bits per heavy atom. The van der Waals surface area contributed by atoms with Crippen LogP contribution in [0.4, 0.5) is 23.2 Å². The molecule has 2 heterocycles. The number of alkyl halides is 3. The van der Waals surface area contributed by atoms with Crippen LogP contribution >= 0.6 is 0 Å². The van der Waals surface area contributed by atoms with Crippen LogP contribution in [0.15, 0.2) is 41.5 Å². The Labute approximate surface area is 187 Å². The highest BCUT2D eigenvalue weighted by atomic mass is 19.4. The van der Waals surface area contributed by atoms with E-state index in [1.54, 1.807) is 0 Å². The summed E-state index contributed by atoms with van der Waals surface area (Å²) in [6.45, 7) is 1.51. The summed E-state index contributed by atoms with van der Waals surface area (Å²) >= 11 is 0. The summed E-state index contributed by atoms with van der Waals surface area (Å²) < 4.78 is 53.3. The van der Waals surface area contributed by atoms with Gasteiger partial charge in [-0.3, -0.25) is 9.79 Å². The zero-order valence-corrected chi connectivity index (χ0v) is 17.3. The Morgan fingerprint density at radius 3 is 2.82 bits per heavy atom. The summed E-state index contributed by atoms with van der Waals surface area (Å²) in [5.74, 6) is -1.53. The number of amides is 1. The summed E-state index contributed by atoms with van der Waals surface area (Å²) in [4.78, 5) is 20.1. The van der Waals surface area contributed by atoms with Gasteiger partial charge in [-0.1, -0.05) is 6.07 Å². The normalized spacial score (nSPS) is 16.7. The topological polar surface area (TPSA) is 116 Å². The number of anilines is 1. The van der Waals surface area contributed by atoms with E-state index in [1.807, 2.05) is 6.07 Å². The van der Waals surface area contributed by atoms with Crippen molar-refractivity contribution >= 4 is 23.4 Å². The number of aromatic nitrogens is 1. The number of carbonyl (C=O) groups is 1. The molecular weight excluding hydrogens is 440 g/mol. The number of carbonyl (C=O) groups excluding carboxylic acids is 1. The molecule has 1 fully saturated rings. The highest BCUT2D eigenvalue weighted by molar-refractivity contribution is 6.11. The second-order valence-electron chi connectivity index (χ2n) is 7.28. The Kier molecular flexibility index (Phi) is 7.40. The third-order valence-electron chi connectivity index (χ3n) is 4.86. The van der Waals surface area contributed by atoms with Crippen molar-refractivity contribution in [3.8, 4) is 6.07 Å². The molecule has 0 bridgehead atoms. The molecule has 11 heteroatoms. The van der Waals surface area contributed by atoms with Gasteiger partial charge in [-0.15, -0.1) is 0 Å². The predicted octanol–water partition coefficient (Wildman–Crippen LogP) is 3.02. The van der Waals surface area contributed by atoms with Crippen LogP contribution in [0.2, 0.25) is 0 Å². The van der Waals surface area contributed by atoms with E-state index in [4.69, 9.17) is 5.73 Å². The van der Waals surface area contributed by atoms with Gasteiger partial charge >= 0.3 is 6.18 Å². The highest BCUT2D eigenvalue weighted by Gasteiger charge is 2.32. The van der Waals surface area contributed by atoms with Crippen LogP contribution in [0.5, 0.6) is 0 Å². The lowest BCUT2D eigenvalue weighted by atomic mass is 10.00. The van der Waals surface area contributed by atoms with Crippen LogP contribution < -0.4 is 16.4 Å². The summed E-state index contributed by atoms with van der Waals surface area (Å²) in [6.07, 6.45) is -1.73. The van der Waals surface area contributed by atoms with Gasteiger partial charge in [-0.2, -0.15) is 18.4 Å². The van der Waals surface area contributed by atoms with E-state index in [2.05, 4.69) is 20.6 Å². The van der Waals surface area contributed by atoms with Gasteiger partial charge in [-0.25, -0.2) is 9.37 Å². The van der Waals surface area contributed by atoms with Gasteiger partial charge in [0.2, 0.25) is 5.91 Å². The van der Waals surface area contributed by atoms with Gasteiger partial charge in [0.1, 0.15) is 11.5 Å². The summed E-state index contributed by atoms with van der Waals surface area (Å²) in [5.41, 5.74) is 4.43. The van der Waals surface area contributed by atoms with Gasteiger partial charge in [0.15, 0.2) is 0 Å². The van der Waals surface area contributed by atoms with Crippen LogP contribution in [0.25, 0.3) is 5.57 Å². The average molecular weight is 460 g/mol. The first kappa shape index (κ1) is 23.9. The number of hydrogen-bond acceptors (Lipinski definition) is 6. The third kappa shape index (κ3) is 6.14. The molecule has 0 spiro atoms. The van der Waals surface area contributed by atoms with Crippen molar-refractivity contribution in [2.45, 2.75) is 25.1 Å². The largest absolute Gasteiger partial charge is 0.433 e. The van der Waals surface area contributed by atoms with E-state index in [9.17, 15) is 27.6 Å². The number of nitrogens with one attached hydrogen (secondary N) is 2. The van der Waals surface area contributed by atoms with Crippen LogP contribution in [0.1, 0.15) is 28.9 Å². The molecule has 1 aromatic heterocycles. The number of nitriles is 1. The fraction of sp³-hybridized carbons (Fsp3) is 0.273. The van der Waals surface area contributed by atoms with E-state index in [0.717, 1.165) is 37.4 Å². The molecule has 1 aliphatic rings. The number of hydrogen-bond donors (Lipinski definition) is 3. The van der Waals surface area contributed by atoms with Crippen molar-refractivity contribution in [1.82, 2.24) is 10.3 Å². The molecule has 1 amide bonds. The molecule has 1 unspecified atom stereocenters. The van der Waals surface area contributed by atoms with Crippen LogP contribution in [0.3, 0.4) is 0 Å². The maximum absolute atomic E-state index is 14.9. The molecule has 1 saturated heterocycles. The predicted molar refractivity (Wildman–Crippen MR) is 115 cm³/mol. The van der Waals surface area contributed by atoms with Crippen molar-refractivity contribution in [2.24, 2.45) is 10.7 Å². The number of rotatable bonds is 6. The number of pyridine rings is 1. The van der Waals surface area contributed by atoms with E-state index in [0.29, 0.717) is 6.54 Å². The minimum atomic E-state index is -4.64. The third-order valence-corrected chi connectivity index (χ3v) is 4.86. The summed E-state index contributed by atoms with van der Waals surface area (Å²) in [5, 5.41) is 15.0. The zero-order valence-electron chi connectivity index (χ0n) is 17.3. The van der Waals surface area contributed by atoms with Crippen LogP contribution in [0, 0.1) is 17.1 Å². The monoisotopic (exact) mass is 460 g/mol. The average Bonchev–Trinajstić information content (AvgIpc) is 3.28. The number of aliphatic imine (C=N–C) groups is 1. The van der Waals surface area contributed by atoms with Gasteiger partial charge in [0.05, 0.1) is 29.8 Å². The fourth-order valence-electron chi connectivity index (χ4n) is 3.31. The first-order valence-electron chi connectivity index (χ1n) is 9.94. The van der Waals surface area contributed by atoms with Gasteiger partial charge in [0, 0.05) is 35.8 Å². The van der Waals surface area contributed by atoms with Crippen molar-refractivity contribution in [3.63, 3.8) is 0 Å². The SMILES string of the molecule is N#Cc1cc(NC(=O)Cc2cccc(C(F)(F)F)n2)cc(F)c1/C(C=NC1CCNC1)=C/N. The van der Waals surface area contributed by atoms with Gasteiger partial charge in [0.25, 0.3) is 0 Å². The molecule has 7 nitrogen and oxygen atoms in total. The smallest absolute Gasteiger partial charge is 0.404 e. The molecular formula is C22H20F4N6O. The Balaban J connectivity index is 1.78. The van der Waals surface area contributed by atoms with E-state index in [-0.39, 0.29) is 34.1 Å². The molecule has 0 aliphatic carbocycles. The van der Waals surface area contributed by atoms with Crippen molar-refractivity contribution in [1.29, 1.82) is 5.26 Å². The maximum Gasteiger partial charge on any atom is 0.433 e. The van der Waals surface area contributed by atoms with Gasteiger partial charge in [-0.05, 0) is 37.2 Å². The van der Waals surface area contributed by atoms with Crippen LogP contribution in [-0.2, 0) is 17.4 Å². The van der Waals surface area contributed by atoms with Crippen LogP contribution in [-0.4, -0.2) is 36.2 Å². The molecule has 0 radical (unpaired) electrons. The highest BCUT2D eigenvalue weighted by Crippen LogP contribution is 2.28. The molecule has 33 heavy (non-hydrogen) atoms. The van der Waals surface area contributed by atoms with Crippen molar-refractivity contribution in [3.05, 3.63) is 64.9 Å². The molecule has 4 N–H and O–H groups in total. The minimum Gasteiger partial charge on any atom is -0.404 e. The number of allylic oxidation sites excluding steroid dienone is 1. The second kappa shape index (κ2) is 10.2. The number of halogens is 4. The Morgan fingerprint density at radius 2 is 2.18 bits per heavy atom. The van der Waals surface area contributed by atoms with Gasteiger partial charge < -0.3 is 16.4 Å². The number of benzene rings is 1. The Hall–Kier alpha value is -3.78. The van der Waals surface area contributed by atoms with Crippen molar-refractivity contribution in [2.75, 3.05) is 18.4 Å². The lowest BCUT2D eigenvalue weighted by molar-refractivity contribution is -0.141. The first-order chi connectivity index (χ1) is 15.7. The molecule has 0 saturated carbocycles. The quantitative estimate of drug-likeness (QED) is 0.453. The van der Waals surface area contributed by atoms with Crippen molar-refractivity contribution < 1.29 is 22.4 Å². The molecule has 172 valence electrons. The summed E-state index contributed by atoms with van der Waals surface area (Å²) in [6, 6.07) is 7.36. The standard InChI is InChI=1S/C22H20F4N6O/c23-18-7-17(32-20(33)8-15-2-1-3-19(31-15)22(24,25)26)6-13(9-27)21(18)14(10-28)11-30-16-4-5-29-12-16/h1-3,6-7,10-11,16,29H,4-5,8,12,28H2,(H,32,33)/b14-10+,30-11?. The summed E-state index contributed by atoms with van der Waals surface area (Å²) in [7, 11) is 0. The van der Waals surface area contributed by atoms with E-state index < -0.39 is 30.0 Å². The maximum atomic E-state index is 14.9. The molecule has 2 aromatic rings. The fourth-order valence-corrected chi connectivity index (χ4v) is 3.31. The molecule has 3 rings (SSSR count). The lowest BCUT2D eigenvalue weighted by Gasteiger charge is -2.12. The van der Waals surface area contributed by atoms with E-state index >= 15 is 0 Å². The zero-order chi connectivity index (χ0) is 24.0. The molecule has 1 aromatic carbocycles.